The molecule has 1 atom stereocenters. The largest absolute Gasteiger partial charge is 0.389 e. The summed E-state index contributed by atoms with van der Waals surface area (Å²) < 4.78 is 41.8. The van der Waals surface area contributed by atoms with E-state index in [2.05, 4.69) is 5.43 Å². The highest BCUT2D eigenvalue weighted by Gasteiger charge is 2.41. The highest BCUT2D eigenvalue weighted by Crippen LogP contribution is 2.37. The van der Waals surface area contributed by atoms with Crippen molar-refractivity contribution < 1.29 is 17.9 Å². The summed E-state index contributed by atoms with van der Waals surface area (Å²) >= 11 is 0. The molecule has 1 unspecified atom stereocenters. The third-order valence-corrected chi connectivity index (χ3v) is 3.65. The minimum Gasteiger partial charge on any atom is -0.377 e. The van der Waals surface area contributed by atoms with Crippen LogP contribution in [0.3, 0.4) is 0 Å². The molecule has 0 radical (unpaired) electrons. The molecule has 0 aromatic heterocycles. The summed E-state index contributed by atoms with van der Waals surface area (Å²) in [7, 11) is 1.61. The fraction of sp³-hybridized carbons (Fsp3) is 1.00. The summed E-state index contributed by atoms with van der Waals surface area (Å²) in [5.74, 6) is 5.45. The Labute approximate surface area is 99.9 Å². The van der Waals surface area contributed by atoms with E-state index in [4.69, 9.17) is 10.6 Å². The summed E-state index contributed by atoms with van der Waals surface area (Å²) in [5.41, 5.74) is 2.26. The number of alkyl halides is 3. The summed E-state index contributed by atoms with van der Waals surface area (Å²) in [6.07, 6.45) is -0.543. The normalized spacial score (nSPS) is 21.7. The Balaban J connectivity index is 2.47. The lowest BCUT2D eigenvalue weighted by Gasteiger charge is -2.36. The van der Waals surface area contributed by atoms with Gasteiger partial charge >= 0.3 is 6.18 Å². The number of hydrogen-bond donors (Lipinski definition) is 2. The van der Waals surface area contributed by atoms with Crippen LogP contribution in [0.15, 0.2) is 0 Å². The van der Waals surface area contributed by atoms with Gasteiger partial charge < -0.3 is 4.74 Å². The summed E-state index contributed by atoms with van der Waals surface area (Å²) in [4.78, 5) is 0. The lowest BCUT2D eigenvalue weighted by atomic mass is 9.88. The molecule has 3 N–H and O–H groups in total. The Morgan fingerprint density at radius 3 is 2.35 bits per heavy atom. The topological polar surface area (TPSA) is 47.3 Å². The maximum atomic E-state index is 12.1. The van der Waals surface area contributed by atoms with Crippen LogP contribution in [0.5, 0.6) is 0 Å². The van der Waals surface area contributed by atoms with Gasteiger partial charge in [0.15, 0.2) is 0 Å². The molecule has 0 aliphatic heterocycles. The van der Waals surface area contributed by atoms with Crippen LogP contribution in [-0.2, 0) is 4.74 Å². The van der Waals surface area contributed by atoms with Crippen molar-refractivity contribution in [1.29, 1.82) is 0 Å². The lowest BCUT2D eigenvalue weighted by molar-refractivity contribution is -0.137. The van der Waals surface area contributed by atoms with Crippen LogP contribution < -0.4 is 11.3 Å². The Hall–Kier alpha value is -0.330. The Bertz CT molecular complexity index is 227. The minimum absolute atomic E-state index is 0.0868. The van der Waals surface area contributed by atoms with Gasteiger partial charge in [0, 0.05) is 13.5 Å². The van der Waals surface area contributed by atoms with Crippen LogP contribution in [0, 0.1) is 0 Å². The maximum Gasteiger partial charge on any atom is 0.389 e. The van der Waals surface area contributed by atoms with E-state index in [1.807, 2.05) is 0 Å². The Kier molecular flexibility index (Phi) is 5.22. The van der Waals surface area contributed by atoms with Gasteiger partial charge in [-0.2, -0.15) is 13.2 Å². The summed E-state index contributed by atoms with van der Waals surface area (Å²) in [5, 5.41) is 0. The first-order valence-corrected chi connectivity index (χ1v) is 6.01. The molecular weight excluding hydrogens is 233 g/mol. The molecule has 1 aliphatic carbocycles. The van der Waals surface area contributed by atoms with Crippen LogP contribution in [-0.4, -0.2) is 24.9 Å². The second kappa shape index (κ2) is 6.02. The standard InChI is InChI=1S/C11H21F3N2O/c1-17-10(6-2-3-7-10)9(16-15)5-4-8-11(12,13)14/h9,16H,2-8,15H2,1H3. The first-order valence-electron chi connectivity index (χ1n) is 6.01. The Morgan fingerprint density at radius 1 is 1.35 bits per heavy atom. The van der Waals surface area contributed by atoms with E-state index >= 15 is 0 Å². The van der Waals surface area contributed by atoms with Crippen LogP contribution in [0.4, 0.5) is 13.2 Å². The van der Waals surface area contributed by atoms with Crippen molar-refractivity contribution in [1.82, 2.24) is 5.43 Å². The zero-order chi connectivity index (χ0) is 12.9. The van der Waals surface area contributed by atoms with Gasteiger partial charge in [-0.15, -0.1) is 0 Å². The smallest absolute Gasteiger partial charge is 0.377 e. The van der Waals surface area contributed by atoms with E-state index in [0.717, 1.165) is 25.7 Å². The average molecular weight is 254 g/mol. The number of rotatable bonds is 6. The number of nitrogens with two attached hydrogens (primary N) is 1. The van der Waals surface area contributed by atoms with Gasteiger partial charge in [0.05, 0.1) is 11.6 Å². The maximum absolute atomic E-state index is 12.1. The molecule has 0 aromatic rings. The number of methoxy groups -OCH3 is 1. The molecular formula is C11H21F3N2O. The van der Waals surface area contributed by atoms with Gasteiger partial charge in [-0.1, -0.05) is 12.8 Å². The molecule has 0 saturated heterocycles. The van der Waals surface area contributed by atoms with Gasteiger partial charge in [0.1, 0.15) is 0 Å². The number of nitrogens with one attached hydrogen (secondary N) is 1. The molecule has 3 nitrogen and oxygen atoms in total. The molecule has 0 heterocycles. The molecule has 17 heavy (non-hydrogen) atoms. The molecule has 1 rings (SSSR count). The van der Waals surface area contributed by atoms with Crippen molar-refractivity contribution in [3.05, 3.63) is 0 Å². The summed E-state index contributed by atoms with van der Waals surface area (Å²) in [6.45, 7) is 0. The molecule has 6 heteroatoms. The van der Waals surface area contributed by atoms with Gasteiger partial charge in [0.25, 0.3) is 0 Å². The van der Waals surface area contributed by atoms with Crippen LogP contribution in [0.25, 0.3) is 0 Å². The van der Waals surface area contributed by atoms with Gasteiger partial charge in [-0.3, -0.25) is 11.3 Å². The van der Waals surface area contributed by atoms with Gasteiger partial charge in [-0.05, 0) is 25.7 Å². The molecule has 1 aliphatic rings. The molecule has 0 amide bonds. The quantitative estimate of drug-likeness (QED) is 0.565. The number of hydrazine groups is 1. The molecule has 0 bridgehead atoms. The molecule has 1 saturated carbocycles. The van der Waals surface area contributed by atoms with E-state index in [1.54, 1.807) is 7.11 Å². The predicted octanol–water partition coefficient (Wildman–Crippen LogP) is 2.51. The zero-order valence-corrected chi connectivity index (χ0v) is 10.1. The van der Waals surface area contributed by atoms with E-state index < -0.39 is 12.6 Å². The predicted molar refractivity (Wildman–Crippen MR) is 59.2 cm³/mol. The number of hydrogen-bond acceptors (Lipinski definition) is 3. The average Bonchev–Trinajstić information content (AvgIpc) is 2.72. The first-order chi connectivity index (χ1) is 7.93. The summed E-state index contributed by atoms with van der Waals surface area (Å²) in [6, 6.07) is -0.197. The Morgan fingerprint density at radius 2 is 1.94 bits per heavy atom. The third kappa shape index (κ3) is 4.12. The van der Waals surface area contributed by atoms with E-state index in [0.29, 0.717) is 6.42 Å². The lowest BCUT2D eigenvalue weighted by Crippen LogP contribution is -2.53. The van der Waals surface area contributed by atoms with Crippen molar-refractivity contribution in [3.8, 4) is 0 Å². The van der Waals surface area contributed by atoms with Crippen molar-refractivity contribution in [3.63, 3.8) is 0 Å². The van der Waals surface area contributed by atoms with Crippen molar-refractivity contribution >= 4 is 0 Å². The number of halogens is 3. The minimum atomic E-state index is -4.09. The monoisotopic (exact) mass is 254 g/mol. The van der Waals surface area contributed by atoms with Gasteiger partial charge in [-0.25, -0.2) is 0 Å². The van der Waals surface area contributed by atoms with E-state index in [-0.39, 0.29) is 18.1 Å². The highest BCUT2D eigenvalue weighted by molar-refractivity contribution is 4.95. The number of ether oxygens (including phenoxy) is 1. The third-order valence-electron chi connectivity index (χ3n) is 3.65. The molecule has 0 spiro atoms. The zero-order valence-electron chi connectivity index (χ0n) is 10.1. The van der Waals surface area contributed by atoms with Crippen LogP contribution >= 0.6 is 0 Å². The fourth-order valence-electron chi connectivity index (χ4n) is 2.67. The first kappa shape index (κ1) is 14.7. The molecule has 102 valence electrons. The second-order valence-corrected chi connectivity index (χ2v) is 4.70. The van der Waals surface area contributed by atoms with Gasteiger partial charge in [0.2, 0.25) is 0 Å². The van der Waals surface area contributed by atoms with E-state index in [9.17, 15) is 13.2 Å². The van der Waals surface area contributed by atoms with Crippen molar-refractivity contribution in [2.45, 2.75) is 62.8 Å². The van der Waals surface area contributed by atoms with Crippen LogP contribution in [0.2, 0.25) is 0 Å². The molecule has 0 aromatic carbocycles. The fourth-order valence-corrected chi connectivity index (χ4v) is 2.67. The van der Waals surface area contributed by atoms with Crippen LogP contribution in [0.1, 0.15) is 44.9 Å². The SMILES string of the molecule is COC1(C(CCCC(F)(F)F)NN)CCCC1. The van der Waals surface area contributed by atoms with Crippen molar-refractivity contribution in [2.75, 3.05) is 7.11 Å². The molecule has 1 fully saturated rings. The highest BCUT2D eigenvalue weighted by atomic mass is 19.4. The second-order valence-electron chi connectivity index (χ2n) is 4.70. The van der Waals surface area contributed by atoms with E-state index in [1.165, 1.54) is 0 Å². The van der Waals surface area contributed by atoms with Crippen molar-refractivity contribution in [2.24, 2.45) is 5.84 Å².